The van der Waals surface area contributed by atoms with Crippen LogP contribution in [0.2, 0.25) is 0 Å². The number of ether oxygens (including phenoxy) is 1. The Bertz CT molecular complexity index is 883. The minimum Gasteiger partial charge on any atom is -0.493 e. The van der Waals surface area contributed by atoms with Crippen LogP contribution >= 0.6 is 15.9 Å². The maximum absolute atomic E-state index is 11.6. The molecule has 3 rings (SSSR count). The zero-order chi connectivity index (χ0) is 15.9. The van der Waals surface area contributed by atoms with E-state index in [1.807, 2.05) is 31.3 Å². The van der Waals surface area contributed by atoms with Crippen LogP contribution in [0.15, 0.2) is 39.4 Å². The first kappa shape index (κ1) is 14.8. The summed E-state index contributed by atoms with van der Waals surface area (Å²) in [7, 11) is 1.57. The fraction of sp³-hybridized carbons (Fsp3) is 0.176. The number of aryl methyl sites for hydroxylation is 1. The Morgan fingerprint density at radius 3 is 2.73 bits per heavy atom. The zero-order valence-corrected chi connectivity index (χ0v) is 14.0. The number of hydrogen-bond donors (Lipinski definition) is 0. The topological polar surface area (TPSA) is 52.3 Å². The van der Waals surface area contributed by atoms with E-state index in [-0.39, 0.29) is 5.78 Å². The Hall–Kier alpha value is -2.14. The van der Waals surface area contributed by atoms with Crippen molar-refractivity contribution in [3.63, 3.8) is 0 Å². The van der Waals surface area contributed by atoms with Crippen molar-refractivity contribution in [2.24, 2.45) is 0 Å². The summed E-state index contributed by atoms with van der Waals surface area (Å²) in [5.74, 6) is 0.776. The lowest BCUT2D eigenvalue weighted by atomic mass is 10.0. The Balaban J connectivity index is 2.32. The summed E-state index contributed by atoms with van der Waals surface area (Å²) in [5, 5.41) is 0.807. The molecule has 0 N–H and O–H groups in total. The molecule has 0 radical (unpaired) electrons. The Labute approximate surface area is 136 Å². The van der Waals surface area contributed by atoms with Gasteiger partial charge in [0.15, 0.2) is 22.9 Å². The molecule has 5 heteroatoms. The third kappa shape index (κ3) is 2.41. The van der Waals surface area contributed by atoms with E-state index in [1.165, 1.54) is 6.92 Å². The summed E-state index contributed by atoms with van der Waals surface area (Å²) < 4.78 is 11.9. The lowest BCUT2D eigenvalue weighted by Gasteiger charge is -2.08. The lowest BCUT2D eigenvalue weighted by Crippen LogP contribution is -1.89. The van der Waals surface area contributed by atoms with E-state index in [2.05, 4.69) is 20.9 Å². The molecule has 22 heavy (non-hydrogen) atoms. The van der Waals surface area contributed by atoms with Crippen LogP contribution in [0.4, 0.5) is 0 Å². The molecule has 2 heterocycles. The molecular weight excluding hydrogens is 346 g/mol. The zero-order valence-electron chi connectivity index (χ0n) is 12.4. The smallest absolute Gasteiger partial charge is 0.194 e. The van der Waals surface area contributed by atoms with Crippen molar-refractivity contribution < 1.29 is 13.9 Å². The van der Waals surface area contributed by atoms with Crippen LogP contribution in [0.25, 0.3) is 22.2 Å². The monoisotopic (exact) mass is 359 g/mol. The van der Waals surface area contributed by atoms with Gasteiger partial charge in [-0.05, 0) is 52.7 Å². The van der Waals surface area contributed by atoms with Crippen molar-refractivity contribution in [3.05, 3.63) is 46.3 Å². The van der Waals surface area contributed by atoms with Crippen LogP contribution in [0.1, 0.15) is 23.0 Å². The van der Waals surface area contributed by atoms with E-state index in [0.717, 1.165) is 26.7 Å². The summed E-state index contributed by atoms with van der Waals surface area (Å²) >= 11 is 3.55. The predicted octanol–water partition coefficient (Wildman–Crippen LogP) is 4.78. The van der Waals surface area contributed by atoms with Crippen molar-refractivity contribution >= 4 is 32.7 Å². The van der Waals surface area contributed by atoms with Crippen molar-refractivity contribution in [3.8, 4) is 17.0 Å². The number of Topliss-reactive ketones (excluding diaryl/α,β-unsaturated/α-hetero) is 1. The molecule has 0 fully saturated rings. The fourth-order valence-electron chi connectivity index (χ4n) is 2.37. The van der Waals surface area contributed by atoms with E-state index in [4.69, 9.17) is 9.15 Å². The Morgan fingerprint density at radius 2 is 2.09 bits per heavy atom. The number of benzene rings is 1. The third-order valence-corrected chi connectivity index (χ3v) is 4.05. The molecule has 0 aliphatic heterocycles. The van der Waals surface area contributed by atoms with Crippen molar-refractivity contribution in [1.82, 2.24) is 4.98 Å². The highest BCUT2D eigenvalue weighted by Crippen LogP contribution is 2.38. The predicted molar refractivity (Wildman–Crippen MR) is 88.4 cm³/mol. The van der Waals surface area contributed by atoms with Gasteiger partial charge in [0, 0.05) is 28.5 Å². The molecule has 0 aliphatic carbocycles. The first-order valence-corrected chi connectivity index (χ1v) is 7.54. The van der Waals surface area contributed by atoms with Crippen molar-refractivity contribution in [1.29, 1.82) is 0 Å². The molecule has 0 saturated heterocycles. The van der Waals surface area contributed by atoms with E-state index < -0.39 is 0 Å². The van der Waals surface area contributed by atoms with E-state index in [1.54, 1.807) is 13.2 Å². The second kappa shape index (κ2) is 5.57. The summed E-state index contributed by atoms with van der Waals surface area (Å²) in [6.07, 6.45) is 1.81. The average molecular weight is 360 g/mol. The van der Waals surface area contributed by atoms with E-state index in [9.17, 15) is 4.79 Å². The molecule has 3 aromatic rings. The molecule has 0 amide bonds. The number of hydrogen-bond acceptors (Lipinski definition) is 4. The van der Waals surface area contributed by atoms with E-state index >= 15 is 0 Å². The van der Waals surface area contributed by atoms with Gasteiger partial charge in [-0.3, -0.25) is 9.78 Å². The second-order valence-corrected chi connectivity index (χ2v) is 5.92. The van der Waals surface area contributed by atoms with Gasteiger partial charge in [-0.1, -0.05) is 0 Å². The number of fused-ring (bicyclic) bond motifs is 1. The highest BCUT2D eigenvalue weighted by Gasteiger charge is 2.18. The lowest BCUT2D eigenvalue weighted by molar-refractivity contribution is 0.0989. The quantitative estimate of drug-likeness (QED) is 0.631. The largest absolute Gasteiger partial charge is 0.493 e. The fourth-order valence-corrected chi connectivity index (χ4v) is 3.05. The summed E-state index contributed by atoms with van der Waals surface area (Å²) in [5.41, 5.74) is 3.31. The highest BCUT2D eigenvalue weighted by molar-refractivity contribution is 9.10. The molecule has 112 valence electrons. The minimum absolute atomic E-state index is 0.125. The van der Waals surface area contributed by atoms with Gasteiger partial charge in [0.05, 0.1) is 12.8 Å². The van der Waals surface area contributed by atoms with Crippen molar-refractivity contribution in [2.45, 2.75) is 13.8 Å². The van der Waals surface area contributed by atoms with Gasteiger partial charge in [0.1, 0.15) is 0 Å². The van der Waals surface area contributed by atoms with Crippen molar-refractivity contribution in [2.75, 3.05) is 7.11 Å². The summed E-state index contributed by atoms with van der Waals surface area (Å²) in [6, 6.07) is 7.48. The van der Waals surface area contributed by atoms with Gasteiger partial charge in [-0.2, -0.15) is 0 Å². The number of aromatic nitrogens is 1. The van der Waals surface area contributed by atoms with Crippen LogP contribution in [0.5, 0.6) is 5.75 Å². The molecule has 0 atom stereocenters. The maximum Gasteiger partial charge on any atom is 0.194 e. The number of pyridine rings is 1. The molecule has 0 unspecified atom stereocenters. The van der Waals surface area contributed by atoms with Crippen LogP contribution < -0.4 is 4.74 Å². The van der Waals surface area contributed by atoms with Crippen LogP contribution in [0.3, 0.4) is 0 Å². The number of carbonyl (C=O) groups excluding carboxylic acids is 1. The highest BCUT2D eigenvalue weighted by atomic mass is 79.9. The normalized spacial score (nSPS) is 10.9. The SMILES string of the molecule is COc1ccc(-c2ncc(C)cc2Br)c2cc(C(C)=O)oc12. The molecular formula is C17H14BrNO3. The number of rotatable bonds is 3. The second-order valence-electron chi connectivity index (χ2n) is 5.07. The van der Waals surface area contributed by atoms with E-state index in [0.29, 0.717) is 17.1 Å². The molecule has 0 bridgehead atoms. The van der Waals surface area contributed by atoms with Gasteiger partial charge >= 0.3 is 0 Å². The van der Waals surface area contributed by atoms with Gasteiger partial charge in [0.25, 0.3) is 0 Å². The summed E-state index contributed by atoms with van der Waals surface area (Å²) in [6.45, 7) is 3.46. The van der Waals surface area contributed by atoms with Gasteiger partial charge in [0.2, 0.25) is 0 Å². The number of nitrogens with zero attached hydrogens (tertiary/aromatic N) is 1. The number of carbonyl (C=O) groups is 1. The number of furan rings is 1. The van der Waals surface area contributed by atoms with Gasteiger partial charge in [-0.15, -0.1) is 0 Å². The standard InChI is InChI=1S/C17H14BrNO3/c1-9-6-13(18)16(19-8-9)11-4-5-14(21-3)17-12(11)7-15(22-17)10(2)20/h4-8H,1-3H3. The van der Waals surface area contributed by atoms with Crippen LogP contribution in [-0.4, -0.2) is 17.9 Å². The minimum atomic E-state index is -0.125. The van der Waals surface area contributed by atoms with Gasteiger partial charge < -0.3 is 9.15 Å². The third-order valence-electron chi connectivity index (χ3n) is 3.45. The van der Waals surface area contributed by atoms with Gasteiger partial charge in [-0.25, -0.2) is 0 Å². The molecule has 0 aliphatic rings. The Kier molecular flexibility index (Phi) is 3.74. The number of methoxy groups -OCH3 is 1. The van der Waals surface area contributed by atoms with Crippen LogP contribution in [-0.2, 0) is 0 Å². The summed E-state index contributed by atoms with van der Waals surface area (Å²) in [4.78, 5) is 16.1. The molecule has 0 saturated carbocycles. The van der Waals surface area contributed by atoms with Crippen LogP contribution in [0, 0.1) is 6.92 Å². The first-order valence-electron chi connectivity index (χ1n) is 6.75. The molecule has 4 nitrogen and oxygen atoms in total. The molecule has 1 aromatic carbocycles. The maximum atomic E-state index is 11.6. The first-order chi connectivity index (χ1) is 10.5. The Morgan fingerprint density at radius 1 is 1.32 bits per heavy atom. The molecule has 2 aromatic heterocycles. The number of ketones is 1. The number of halogens is 1. The molecule has 0 spiro atoms. The average Bonchev–Trinajstić information content (AvgIpc) is 2.92.